The summed E-state index contributed by atoms with van der Waals surface area (Å²) < 4.78 is 10.4. The highest BCUT2D eigenvalue weighted by molar-refractivity contribution is 5.97. The Morgan fingerprint density at radius 1 is 1.20 bits per heavy atom. The summed E-state index contributed by atoms with van der Waals surface area (Å²) in [6, 6.07) is 4.58. The quantitative estimate of drug-likeness (QED) is 0.726. The monoisotopic (exact) mass is 347 g/mol. The van der Waals surface area contributed by atoms with Crippen LogP contribution in [0.15, 0.2) is 45.8 Å². The molecule has 7 heteroatoms. The molecule has 2 heterocycles. The Kier molecular flexibility index (Phi) is 6.82. The molecule has 7 nitrogen and oxygen atoms in total. The van der Waals surface area contributed by atoms with Gasteiger partial charge in [-0.2, -0.15) is 0 Å². The number of amides is 2. The number of nitrogens with one attached hydrogen (secondary N) is 2. The molecule has 0 aliphatic carbocycles. The molecule has 0 aliphatic rings. The molecule has 2 aromatic heterocycles. The molecule has 2 aromatic rings. The van der Waals surface area contributed by atoms with E-state index in [1.807, 2.05) is 12.1 Å². The predicted octanol–water partition coefficient (Wildman–Crippen LogP) is 2.19. The van der Waals surface area contributed by atoms with E-state index in [9.17, 15) is 9.59 Å². The Balaban J connectivity index is 1.92. The molecule has 0 saturated carbocycles. The van der Waals surface area contributed by atoms with Crippen molar-refractivity contribution >= 4 is 11.8 Å². The summed E-state index contributed by atoms with van der Waals surface area (Å²) in [5.74, 6) is 0.211. The Hall–Kier alpha value is -2.54. The van der Waals surface area contributed by atoms with Crippen molar-refractivity contribution < 1.29 is 18.4 Å². The normalized spacial score (nSPS) is 13.4. The number of rotatable bonds is 9. The Morgan fingerprint density at radius 2 is 1.96 bits per heavy atom. The van der Waals surface area contributed by atoms with Crippen LogP contribution in [0.25, 0.3) is 0 Å². The zero-order valence-electron chi connectivity index (χ0n) is 14.8. The minimum Gasteiger partial charge on any atom is -0.472 e. The maximum absolute atomic E-state index is 12.3. The van der Waals surface area contributed by atoms with Gasteiger partial charge in [-0.1, -0.05) is 13.8 Å². The van der Waals surface area contributed by atoms with Crippen molar-refractivity contribution in [3.8, 4) is 0 Å². The lowest BCUT2D eigenvalue weighted by atomic mass is 10.1. The van der Waals surface area contributed by atoms with Crippen molar-refractivity contribution in [1.82, 2.24) is 15.5 Å². The lowest BCUT2D eigenvalue weighted by Gasteiger charge is -2.28. The lowest BCUT2D eigenvalue weighted by Crippen LogP contribution is -2.47. The number of furan rings is 2. The van der Waals surface area contributed by atoms with Crippen LogP contribution in [0.1, 0.15) is 42.9 Å². The number of carbonyl (C=O) groups is 2. The first kappa shape index (κ1) is 18.8. The molecule has 0 aromatic carbocycles. The second-order valence-corrected chi connectivity index (χ2v) is 5.70. The molecule has 2 atom stereocenters. The topological polar surface area (TPSA) is 87.7 Å². The van der Waals surface area contributed by atoms with Crippen LogP contribution in [-0.2, 0) is 4.79 Å². The summed E-state index contributed by atoms with van der Waals surface area (Å²) in [5.41, 5.74) is 0.385. The Morgan fingerprint density at radius 3 is 2.52 bits per heavy atom. The van der Waals surface area contributed by atoms with Gasteiger partial charge in [0.1, 0.15) is 18.1 Å². The minimum absolute atomic E-state index is 0.0503. The average Bonchev–Trinajstić information content (AvgIpc) is 3.31. The second-order valence-electron chi connectivity index (χ2n) is 5.70. The molecule has 2 rings (SSSR count). The van der Waals surface area contributed by atoms with E-state index in [0.29, 0.717) is 12.1 Å². The number of carbonyl (C=O) groups excluding carboxylic acids is 2. The highest BCUT2D eigenvalue weighted by Crippen LogP contribution is 2.20. The van der Waals surface area contributed by atoms with Crippen LogP contribution in [0.3, 0.4) is 0 Å². The molecule has 0 spiro atoms. The summed E-state index contributed by atoms with van der Waals surface area (Å²) in [6.07, 6.45) is 4.38. The van der Waals surface area contributed by atoms with Crippen LogP contribution >= 0.6 is 0 Å². The van der Waals surface area contributed by atoms with E-state index >= 15 is 0 Å². The second kappa shape index (κ2) is 9.08. The van der Waals surface area contributed by atoms with E-state index in [4.69, 9.17) is 8.83 Å². The van der Waals surface area contributed by atoms with Gasteiger partial charge in [0.05, 0.1) is 24.1 Å². The van der Waals surface area contributed by atoms with Gasteiger partial charge in [-0.15, -0.1) is 0 Å². The first-order valence-corrected chi connectivity index (χ1v) is 8.45. The third-order valence-electron chi connectivity index (χ3n) is 4.12. The van der Waals surface area contributed by atoms with Crippen molar-refractivity contribution in [1.29, 1.82) is 0 Å². The minimum atomic E-state index is -0.656. The molecule has 2 N–H and O–H groups in total. The van der Waals surface area contributed by atoms with Crippen LogP contribution in [0.5, 0.6) is 0 Å². The van der Waals surface area contributed by atoms with Crippen molar-refractivity contribution in [2.24, 2.45) is 0 Å². The van der Waals surface area contributed by atoms with Gasteiger partial charge in [-0.05, 0) is 38.2 Å². The van der Waals surface area contributed by atoms with Gasteiger partial charge in [-0.3, -0.25) is 14.5 Å². The standard InChI is InChI=1S/C18H25N3O4/c1-4-21(5-2)15(16-7-6-9-25-16)11-19-17(22)13(3)20-18(23)14-8-10-24-12-14/h6-10,12-13,15H,4-5,11H2,1-3H3,(H,19,22)(H,20,23). The number of hydrogen-bond donors (Lipinski definition) is 2. The van der Waals surface area contributed by atoms with Crippen LogP contribution in [0.4, 0.5) is 0 Å². The molecular weight excluding hydrogens is 322 g/mol. The highest BCUT2D eigenvalue weighted by atomic mass is 16.3. The van der Waals surface area contributed by atoms with Gasteiger partial charge in [-0.25, -0.2) is 0 Å². The molecule has 0 radical (unpaired) electrons. The Bertz CT molecular complexity index is 648. The lowest BCUT2D eigenvalue weighted by molar-refractivity contribution is -0.122. The zero-order valence-corrected chi connectivity index (χ0v) is 14.8. The van der Waals surface area contributed by atoms with Crippen molar-refractivity contribution in [3.05, 3.63) is 48.3 Å². The van der Waals surface area contributed by atoms with Crippen LogP contribution in [-0.4, -0.2) is 42.4 Å². The third-order valence-corrected chi connectivity index (χ3v) is 4.12. The molecule has 0 fully saturated rings. The average molecular weight is 347 g/mol. The van der Waals surface area contributed by atoms with Gasteiger partial charge in [0.2, 0.25) is 5.91 Å². The first-order valence-electron chi connectivity index (χ1n) is 8.45. The summed E-state index contributed by atoms with van der Waals surface area (Å²) in [7, 11) is 0. The maximum Gasteiger partial charge on any atom is 0.255 e. The summed E-state index contributed by atoms with van der Waals surface area (Å²) in [4.78, 5) is 26.5. The SMILES string of the molecule is CCN(CC)C(CNC(=O)C(C)NC(=O)c1ccoc1)c1ccco1. The molecule has 0 bridgehead atoms. The van der Waals surface area contributed by atoms with E-state index in [2.05, 4.69) is 29.4 Å². The van der Waals surface area contributed by atoms with E-state index < -0.39 is 6.04 Å². The third kappa shape index (κ3) is 4.96. The van der Waals surface area contributed by atoms with Crippen molar-refractivity contribution in [2.45, 2.75) is 32.9 Å². The molecular formula is C18H25N3O4. The fourth-order valence-corrected chi connectivity index (χ4v) is 2.64. The molecule has 2 unspecified atom stereocenters. The first-order chi connectivity index (χ1) is 12.1. The van der Waals surface area contributed by atoms with Crippen molar-refractivity contribution in [2.75, 3.05) is 19.6 Å². The smallest absolute Gasteiger partial charge is 0.255 e. The van der Waals surface area contributed by atoms with E-state index in [-0.39, 0.29) is 17.9 Å². The fraction of sp³-hybridized carbons (Fsp3) is 0.444. The van der Waals surface area contributed by atoms with E-state index in [0.717, 1.165) is 18.8 Å². The van der Waals surface area contributed by atoms with Gasteiger partial charge < -0.3 is 19.5 Å². The van der Waals surface area contributed by atoms with Crippen LogP contribution in [0.2, 0.25) is 0 Å². The van der Waals surface area contributed by atoms with Crippen molar-refractivity contribution in [3.63, 3.8) is 0 Å². The molecule has 136 valence electrons. The molecule has 0 saturated heterocycles. The van der Waals surface area contributed by atoms with E-state index in [1.165, 1.54) is 12.5 Å². The largest absolute Gasteiger partial charge is 0.472 e. The number of nitrogens with zero attached hydrogens (tertiary/aromatic N) is 1. The van der Waals surface area contributed by atoms with Gasteiger partial charge in [0.15, 0.2) is 0 Å². The van der Waals surface area contributed by atoms with E-state index in [1.54, 1.807) is 19.3 Å². The van der Waals surface area contributed by atoms with Crippen LogP contribution in [0, 0.1) is 0 Å². The summed E-state index contributed by atoms with van der Waals surface area (Å²) in [5, 5.41) is 5.54. The highest BCUT2D eigenvalue weighted by Gasteiger charge is 2.23. The summed E-state index contributed by atoms with van der Waals surface area (Å²) in [6.45, 7) is 7.85. The fourth-order valence-electron chi connectivity index (χ4n) is 2.64. The molecule has 2 amide bonds. The maximum atomic E-state index is 12.3. The van der Waals surface area contributed by atoms with Gasteiger partial charge in [0, 0.05) is 6.54 Å². The van der Waals surface area contributed by atoms with Crippen LogP contribution < -0.4 is 10.6 Å². The molecule has 25 heavy (non-hydrogen) atoms. The Labute approximate surface area is 147 Å². The molecule has 0 aliphatic heterocycles. The summed E-state index contributed by atoms with van der Waals surface area (Å²) >= 11 is 0. The van der Waals surface area contributed by atoms with Gasteiger partial charge >= 0.3 is 0 Å². The van der Waals surface area contributed by atoms with Gasteiger partial charge in [0.25, 0.3) is 5.91 Å². The predicted molar refractivity (Wildman–Crippen MR) is 93.0 cm³/mol. The zero-order chi connectivity index (χ0) is 18.2. The number of hydrogen-bond acceptors (Lipinski definition) is 5. The number of likely N-dealkylation sites (N-methyl/N-ethyl adjacent to an activating group) is 1.